The summed E-state index contributed by atoms with van der Waals surface area (Å²) in [5.74, 6) is 1.50. The van der Waals surface area contributed by atoms with Crippen LogP contribution in [0.2, 0.25) is 0 Å². The van der Waals surface area contributed by atoms with Crippen LogP contribution < -0.4 is 9.47 Å². The van der Waals surface area contributed by atoms with Crippen molar-refractivity contribution >= 4 is 23.3 Å². The molecule has 0 amide bonds. The molecule has 0 saturated heterocycles. The number of aryl methyl sites for hydroxylation is 2. The van der Waals surface area contributed by atoms with Gasteiger partial charge >= 0.3 is 0 Å². The van der Waals surface area contributed by atoms with Gasteiger partial charge in [-0.25, -0.2) is 0 Å². The molecule has 1 heterocycles. The number of nitrogens with one attached hydrogen (secondary N) is 1. The van der Waals surface area contributed by atoms with E-state index in [1.54, 1.807) is 14.2 Å². The van der Waals surface area contributed by atoms with Crippen molar-refractivity contribution in [3.8, 4) is 11.5 Å². The van der Waals surface area contributed by atoms with Gasteiger partial charge in [-0.1, -0.05) is 18.2 Å². The second-order valence-electron chi connectivity index (χ2n) is 5.04. The Morgan fingerprint density at radius 3 is 2.59 bits per heavy atom. The number of aromatic amines is 1. The molecule has 0 aliphatic heterocycles. The summed E-state index contributed by atoms with van der Waals surface area (Å²) in [7, 11) is 3.29. The van der Waals surface area contributed by atoms with Crippen LogP contribution in [0.4, 0.5) is 0 Å². The Kier molecular flexibility index (Phi) is 4.15. The summed E-state index contributed by atoms with van der Waals surface area (Å²) in [5.41, 5.74) is 3.39. The van der Waals surface area contributed by atoms with E-state index in [9.17, 15) is 0 Å². The normalized spacial score (nSPS) is 10.8. The summed E-state index contributed by atoms with van der Waals surface area (Å²) >= 11 is 5.42. The minimum atomic E-state index is 0.745. The third-order valence-electron chi connectivity index (χ3n) is 3.75. The lowest BCUT2D eigenvalue weighted by molar-refractivity contribution is 0.354. The van der Waals surface area contributed by atoms with Gasteiger partial charge in [0.2, 0.25) is 0 Å². The van der Waals surface area contributed by atoms with Gasteiger partial charge in [-0.05, 0) is 48.5 Å². The molecule has 0 atom stereocenters. The number of benzene rings is 2. The maximum Gasteiger partial charge on any atom is 0.178 e. The number of fused-ring (bicyclic) bond motifs is 1. The summed E-state index contributed by atoms with van der Waals surface area (Å²) in [6, 6.07) is 14.2. The molecule has 5 heteroatoms. The maximum absolute atomic E-state index is 5.42. The molecule has 0 unspecified atom stereocenters. The average molecular weight is 314 g/mol. The van der Waals surface area contributed by atoms with Crippen LogP contribution in [0.5, 0.6) is 11.5 Å². The molecule has 114 valence electrons. The molecule has 3 aromatic rings. The van der Waals surface area contributed by atoms with E-state index in [1.165, 1.54) is 5.56 Å². The number of aromatic nitrogens is 2. The Morgan fingerprint density at radius 1 is 1.05 bits per heavy atom. The van der Waals surface area contributed by atoms with Gasteiger partial charge < -0.3 is 19.0 Å². The molecule has 22 heavy (non-hydrogen) atoms. The second kappa shape index (κ2) is 6.23. The number of rotatable bonds is 5. The third-order valence-corrected chi connectivity index (χ3v) is 4.08. The van der Waals surface area contributed by atoms with Gasteiger partial charge in [0.25, 0.3) is 0 Å². The van der Waals surface area contributed by atoms with E-state index < -0.39 is 0 Å². The van der Waals surface area contributed by atoms with Crippen LogP contribution in [0.1, 0.15) is 5.56 Å². The Balaban J connectivity index is 1.85. The SMILES string of the molecule is COc1ccc(CCn2c(=S)[nH]c3ccccc32)cc1OC. The molecule has 0 aliphatic carbocycles. The zero-order chi connectivity index (χ0) is 15.5. The first kappa shape index (κ1) is 14.7. The van der Waals surface area contributed by atoms with Gasteiger partial charge in [-0.3, -0.25) is 0 Å². The number of nitrogens with zero attached hydrogens (tertiary/aromatic N) is 1. The lowest BCUT2D eigenvalue weighted by Crippen LogP contribution is -2.02. The van der Waals surface area contributed by atoms with E-state index in [2.05, 4.69) is 21.7 Å². The molecule has 0 fully saturated rings. The zero-order valence-corrected chi connectivity index (χ0v) is 13.4. The van der Waals surface area contributed by atoms with Crippen molar-refractivity contribution in [3.05, 3.63) is 52.8 Å². The molecule has 0 radical (unpaired) electrons. The maximum atomic E-state index is 5.42. The molecular weight excluding hydrogens is 296 g/mol. The molecule has 4 nitrogen and oxygen atoms in total. The number of methoxy groups -OCH3 is 2. The lowest BCUT2D eigenvalue weighted by atomic mass is 10.1. The molecule has 0 spiro atoms. The summed E-state index contributed by atoms with van der Waals surface area (Å²) in [6.07, 6.45) is 0.872. The molecule has 2 aromatic carbocycles. The highest BCUT2D eigenvalue weighted by Gasteiger charge is 2.07. The number of hydrogen-bond donors (Lipinski definition) is 1. The summed E-state index contributed by atoms with van der Waals surface area (Å²) in [4.78, 5) is 3.24. The van der Waals surface area contributed by atoms with Crippen molar-refractivity contribution in [1.29, 1.82) is 0 Å². The number of para-hydroxylation sites is 2. The Labute approximate surface area is 134 Å². The standard InChI is InChI=1S/C17H18N2O2S/c1-20-15-8-7-12(11-16(15)21-2)9-10-19-14-6-4-3-5-13(14)18-17(19)22/h3-8,11H,9-10H2,1-2H3,(H,18,22). The van der Waals surface area contributed by atoms with Gasteiger partial charge in [0, 0.05) is 6.54 Å². The van der Waals surface area contributed by atoms with Crippen molar-refractivity contribution in [1.82, 2.24) is 9.55 Å². The second-order valence-corrected chi connectivity index (χ2v) is 5.42. The molecule has 0 aliphatic rings. The molecule has 1 N–H and O–H groups in total. The fraction of sp³-hybridized carbons (Fsp3) is 0.235. The highest BCUT2D eigenvalue weighted by molar-refractivity contribution is 7.71. The van der Waals surface area contributed by atoms with E-state index in [0.29, 0.717) is 0 Å². The first-order chi connectivity index (χ1) is 10.7. The van der Waals surface area contributed by atoms with Crippen LogP contribution in [0.25, 0.3) is 11.0 Å². The average Bonchev–Trinajstić information content (AvgIpc) is 2.87. The van der Waals surface area contributed by atoms with Crippen LogP contribution in [-0.2, 0) is 13.0 Å². The van der Waals surface area contributed by atoms with Crippen molar-refractivity contribution in [2.45, 2.75) is 13.0 Å². The van der Waals surface area contributed by atoms with Gasteiger partial charge in [-0.2, -0.15) is 0 Å². The lowest BCUT2D eigenvalue weighted by Gasteiger charge is -2.10. The molecule has 1 aromatic heterocycles. The van der Waals surface area contributed by atoms with Gasteiger partial charge in [0.15, 0.2) is 16.3 Å². The smallest absolute Gasteiger partial charge is 0.178 e. The quantitative estimate of drug-likeness (QED) is 0.725. The Morgan fingerprint density at radius 2 is 1.82 bits per heavy atom. The van der Waals surface area contributed by atoms with E-state index in [1.807, 2.05) is 30.3 Å². The van der Waals surface area contributed by atoms with Crippen molar-refractivity contribution in [3.63, 3.8) is 0 Å². The van der Waals surface area contributed by atoms with Gasteiger partial charge in [-0.15, -0.1) is 0 Å². The predicted molar refractivity (Wildman–Crippen MR) is 90.4 cm³/mol. The topological polar surface area (TPSA) is 39.2 Å². The van der Waals surface area contributed by atoms with Crippen molar-refractivity contribution in [2.24, 2.45) is 0 Å². The Bertz CT molecular complexity index is 851. The summed E-state index contributed by atoms with van der Waals surface area (Å²) in [6.45, 7) is 0.818. The largest absolute Gasteiger partial charge is 0.493 e. The monoisotopic (exact) mass is 314 g/mol. The minimum Gasteiger partial charge on any atom is -0.493 e. The van der Waals surface area contributed by atoms with E-state index >= 15 is 0 Å². The van der Waals surface area contributed by atoms with Gasteiger partial charge in [0.1, 0.15) is 0 Å². The van der Waals surface area contributed by atoms with Crippen LogP contribution in [0.15, 0.2) is 42.5 Å². The zero-order valence-electron chi connectivity index (χ0n) is 12.6. The predicted octanol–water partition coefficient (Wildman–Crippen LogP) is 3.96. The summed E-state index contributed by atoms with van der Waals surface area (Å²) < 4.78 is 13.5. The number of imidazole rings is 1. The summed E-state index contributed by atoms with van der Waals surface area (Å²) in [5, 5.41) is 0. The minimum absolute atomic E-state index is 0.745. The highest BCUT2D eigenvalue weighted by atomic mass is 32.1. The molecule has 0 bridgehead atoms. The van der Waals surface area contributed by atoms with Crippen molar-refractivity contribution in [2.75, 3.05) is 14.2 Å². The first-order valence-corrected chi connectivity index (χ1v) is 7.52. The first-order valence-electron chi connectivity index (χ1n) is 7.11. The molecule has 3 rings (SSSR count). The highest BCUT2D eigenvalue weighted by Crippen LogP contribution is 2.28. The van der Waals surface area contributed by atoms with Crippen LogP contribution in [-0.4, -0.2) is 23.8 Å². The van der Waals surface area contributed by atoms with E-state index in [-0.39, 0.29) is 0 Å². The molecule has 0 saturated carbocycles. The third kappa shape index (κ3) is 2.72. The fourth-order valence-corrected chi connectivity index (χ4v) is 2.91. The number of H-pyrrole nitrogens is 1. The number of hydrogen-bond acceptors (Lipinski definition) is 3. The van der Waals surface area contributed by atoms with Gasteiger partial charge in [0.05, 0.1) is 25.3 Å². The van der Waals surface area contributed by atoms with Crippen LogP contribution in [0, 0.1) is 4.77 Å². The fourth-order valence-electron chi connectivity index (χ4n) is 2.61. The van der Waals surface area contributed by atoms with Crippen LogP contribution in [0.3, 0.4) is 0 Å². The van der Waals surface area contributed by atoms with E-state index in [4.69, 9.17) is 21.7 Å². The van der Waals surface area contributed by atoms with E-state index in [0.717, 1.165) is 40.3 Å². The number of ether oxygens (including phenoxy) is 2. The molecular formula is C17H18N2O2S. The Hall–Kier alpha value is -2.27. The van der Waals surface area contributed by atoms with Crippen molar-refractivity contribution < 1.29 is 9.47 Å². The van der Waals surface area contributed by atoms with Crippen LogP contribution >= 0.6 is 12.2 Å².